The Kier molecular flexibility index (Phi) is 2.53. The Labute approximate surface area is 74.1 Å². The zero-order valence-corrected chi connectivity index (χ0v) is 7.92. The van der Waals surface area contributed by atoms with Gasteiger partial charge >= 0.3 is 0 Å². The minimum absolute atomic E-state index is 0.0843. The Morgan fingerprint density at radius 1 is 1.17 bits per heavy atom. The molecule has 12 heavy (non-hydrogen) atoms. The maximum atomic E-state index is 10.8. The number of hydrogen-bond acceptors (Lipinski definition) is 0. The molecule has 0 bridgehead atoms. The lowest BCUT2D eigenvalue weighted by molar-refractivity contribution is 0.175. The van der Waals surface area contributed by atoms with Gasteiger partial charge in [0, 0.05) is 0 Å². The summed E-state index contributed by atoms with van der Waals surface area (Å²) in [5, 5.41) is 10.8. The molecule has 0 atom stereocenters. The van der Waals surface area contributed by atoms with Crippen LogP contribution in [0.5, 0.6) is 0 Å². The summed E-state index contributed by atoms with van der Waals surface area (Å²) < 4.78 is 0. The molecule has 0 saturated heterocycles. The largest absolute Gasteiger partial charge is 0.232 e. The van der Waals surface area contributed by atoms with E-state index < -0.39 is 0 Å². The summed E-state index contributed by atoms with van der Waals surface area (Å²) in [5.41, 5.74) is 2.17. The zero-order valence-electron chi connectivity index (χ0n) is 7.92. The van der Waals surface area contributed by atoms with Crippen molar-refractivity contribution >= 4 is 0 Å². The third-order valence-electron chi connectivity index (χ3n) is 1.98. The van der Waals surface area contributed by atoms with Crippen molar-refractivity contribution in [2.75, 3.05) is 0 Å². The van der Waals surface area contributed by atoms with Crippen LogP contribution in [-0.4, -0.2) is 0 Å². The van der Waals surface area contributed by atoms with Crippen LogP contribution < -0.4 is 0 Å². The number of benzene rings is 1. The normalized spacial score (nSPS) is 11.7. The van der Waals surface area contributed by atoms with Gasteiger partial charge in [-0.2, -0.15) is 0 Å². The average Bonchev–Trinajstić information content (AvgIpc) is 2.03. The van der Waals surface area contributed by atoms with Crippen LogP contribution in [0.25, 0.3) is 0 Å². The van der Waals surface area contributed by atoms with E-state index in [1.54, 1.807) is 0 Å². The van der Waals surface area contributed by atoms with Crippen molar-refractivity contribution in [2.45, 2.75) is 32.8 Å². The van der Waals surface area contributed by atoms with Crippen LogP contribution in [0.1, 0.15) is 31.9 Å². The van der Waals surface area contributed by atoms with Crippen LogP contribution in [0.3, 0.4) is 0 Å². The van der Waals surface area contributed by atoms with Gasteiger partial charge in [0.15, 0.2) is 0 Å². The molecule has 0 spiro atoms. The molecule has 0 amide bonds. The highest BCUT2D eigenvalue weighted by atomic mass is 16.3. The monoisotopic (exact) mass is 163 g/mol. The molecule has 1 radical (unpaired) electrons. The Hall–Kier alpha value is -0.820. The second kappa shape index (κ2) is 3.28. The van der Waals surface area contributed by atoms with Crippen molar-refractivity contribution in [3.63, 3.8) is 0 Å². The molecule has 0 heterocycles. The van der Waals surface area contributed by atoms with Crippen molar-refractivity contribution in [3.8, 4) is 0 Å². The lowest BCUT2D eigenvalue weighted by Gasteiger charge is -2.21. The van der Waals surface area contributed by atoms with Crippen molar-refractivity contribution < 1.29 is 5.11 Å². The van der Waals surface area contributed by atoms with E-state index >= 15 is 0 Å². The highest BCUT2D eigenvalue weighted by molar-refractivity contribution is 5.31. The number of hydrogen-bond donors (Lipinski definition) is 0. The Balaban J connectivity index is 3.14. The van der Waals surface area contributed by atoms with Gasteiger partial charge in [0.25, 0.3) is 0 Å². The molecule has 0 N–H and O–H groups in total. The van der Waals surface area contributed by atoms with Crippen molar-refractivity contribution in [1.29, 1.82) is 0 Å². The third kappa shape index (κ3) is 1.86. The van der Waals surface area contributed by atoms with E-state index in [9.17, 15) is 5.11 Å². The first-order chi connectivity index (χ1) is 5.55. The Morgan fingerprint density at radius 2 is 1.75 bits per heavy atom. The van der Waals surface area contributed by atoms with Crippen LogP contribution in [0.2, 0.25) is 0 Å². The first kappa shape index (κ1) is 9.27. The van der Waals surface area contributed by atoms with Gasteiger partial charge in [-0.3, -0.25) is 0 Å². The zero-order chi connectivity index (χ0) is 9.19. The topological polar surface area (TPSA) is 19.9 Å². The van der Waals surface area contributed by atoms with Crippen molar-refractivity contribution in [1.82, 2.24) is 0 Å². The first-order valence-corrected chi connectivity index (χ1v) is 4.22. The van der Waals surface area contributed by atoms with E-state index in [2.05, 4.69) is 20.8 Å². The second-order valence-electron chi connectivity index (χ2n) is 4.05. The van der Waals surface area contributed by atoms with Crippen molar-refractivity contribution in [2.24, 2.45) is 0 Å². The van der Waals surface area contributed by atoms with E-state index in [1.165, 1.54) is 5.56 Å². The van der Waals surface area contributed by atoms with Gasteiger partial charge in [0.1, 0.15) is 6.61 Å². The fourth-order valence-electron chi connectivity index (χ4n) is 1.38. The molecule has 1 rings (SSSR count). The summed E-state index contributed by atoms with van der Waals surface area (Å²) in [7, 11) is 0. The molecule has 1 nitrogen and oxygen atoms in total. The van der Waals surface area contributed by atoms with E-state index in [-0.39, 0.29) is 12.0 Å². The molecule has 0 unspecified atom stereocenters. The van der Waals surface area contributed by atoms with Gasteiger partial charge in [-0.05, 0) is 16.5 Å². The molecular formula is C11H15O. The molecule has 0 aliphatic heterocycles. The van der Waals surface area contributed by atoms with Gasteiger partial charge in [-0.15, -0.1) is 0 Å². The molecule has 0 fully saturated rings. The summed E-state index contributed by atoms with van der Waals surface area (Å²) in [6.07, 6.45) is 0. The minimum Gasteiger partial charge on any atom is -0.232 e. The molecule has 0 aromatic heterocycles. The van der Waals surface area contributed by atoms with E-state index in [0.29, 0.717) is 0 Å². The van der Waals surface area contributed by atoms with E-state index in [0.717, 1.165) is 5.56 Å². The smallest absolute Gasteiger partial charge is 0.108 e. The average molecular weight is 163 g/mol. The molecule has 0 saturated carbocycles. The molecule has 0 aliphatic carbocycles. The van der Waals surface area contributed by atoms with E-state index in [1.807, 2.05) is 24.3 Å². The summed E-state index contributed by atoms with van der Waals surface area (Å²) >= 11 is 0. The van der Waals surface area contributed by atoms with Gasteiger partial charge < -0.3 is 0 Å². The maximum Gasteiger partial charge on any atom is 0.108 e. The van der Waals surface area contributed by atoms with Gasteiger partial charge in [-0.1, -0.05) is 45.0 Å². The molecule has 65 valence electrons. The first-order valence-electron chi connectivity index (χ1n) is 4.22. The Morgan fingerprint density at radius 3 is 2.17 bits per heavy atom. The SMILES string of the molecule is CC(C)(C)c1ccccc1C[O]. The van der Waals surface area contributed by atoms with Crippen LogP contribution >= 0.6 is 0 Å². The maximum absolute atomic E-state index is 10.8. The van der Waals surface area contributed by atoms with Crippen molar-refractivity contribution in [3.05, 3.63) is 35.4 Å². The molecule has 0 aliphatic rings. The second-order valence-corrected chi connectivity index (χ2v) is 4.05. The van der Waals surface area contributed by atoms with Crippen LogP contribution in [0, 0.1) is 0 Å². The summed E-state index contributed by atoms with van der Waals surface area (Å²) in [4.78, 5) is 0. The highest BCUT2D eigenvalue weighted by Gasteiger charge is 2.16. The quantitative estimate of drug-likeness (QED) is 0.606. The van der Waals surface area contributed by atoms with Gasteiger partial charge in [0.2, 0.25) is 0 Å². The Bertz CT molecular complexity index is 258. The lowest BCUT2D eigenvalue weighted by Crippen LogP contribution is -2.13. The van der Waals surface area contributed by atoms with Crippen LogP contribution in [-0.2, 0) is 17.1 Å². The molecular weight excluding hydrogens is 148 g/mol. The van der Waals surface area contributed by atoms with Crippen LogP contribution in [0.15, 0.2) is 24.3 Å². The predicted octanol–water partition coefficient (Wildman–Crippen LogP) is 2.91. The number of rotatable bonds is 1. The lowest BCUT2D eigenvalue weighted by atomic mass is 9.84. The highest BCUT2D eigenvalue weighted by Crippen LogP contribution is 2.25. The molecule has 1 aromatic rings. The summed E-state index contributed by atoms with van der Waals surface area (Å²) in [6, 6.07) is 7.85. The molecule has 1 heteroatoms. The fourth-order valence-corrected chi connectivity index (χ4v) is 1.38. The predicted molar refractivity (Wildman–Crippen MR) is 49.5 cm³/mol. The molecule has 1 aromatic carbocycles. The van der Waals surface area contributed by atoms with Gasteiger partial charge in [-0.25, -0.2) is 5.11 Å². The standard InChI is InChI=1S/C11H15O/c1-11(2,3)10-7-5-4-6-9(10)8-12/h4-7H,8H2,1-3H3. The summed E-state index contributed by atoms with van der Waals surface area (Å²) in [6.45, 7) is 6.26. The summed E-state index contributed by atoms with van der Waals surface area (Å²) in [5.74, 6) is 0. The third-order valence-corrected chi connectivity index (χ3v) is 1.98. The van der Waals surface area contributed by atoms with Gasteiger partial charge in [0.05, 0.1) is 0 Å². The minimum atomic E-state index is -0.118. The fraction of sp³-hybridized carbons (Fsp3) is 0.455. The van der Waals surface area contributed by atoms with E-state index in [4.69, 9.17) is 0 Å². The van der Waals surface area contributed by atoms with Crippen LogP contribution in [0.4, 0.5) is 0 Å².